The van der Waals surface area contributed by atoms with E-state index in [9.17, 15) is 4.79 Å². The van der Waals surface area contributed by atoms with E-state index >= 15 is 0 Å². The molecule has 0 radical (unpaired) electrons. The van der Waals surface area contributed by atoms with Crippen LogP contribution in [-0.4, -0.2) is 29.9 Å². The summed E-state index contributed by atoms with van der Waals surface area (Å²) in [6.07, 6.45) is 4.99. The molecule has 1 aromatic carbocycles. The Morgan fingerprint density at radius 3 is 2.41 bits per heavy atom. The number of hydrogen-bond acceptors (Lipinski definition) is 2. The lowest BCUT2D eigenvalue weighted by Gasteiger charge is -2.23. The standard InChI is InChI=1S/C19H28N2O/c1-14(2)17-7-5-16(6-8-17)13-21(18-9-10-18)19(22)12-20-11-15-3-4-15/h5-8,14-15,18,20H,3-4,9-13H2,1-2H3. The predicted molar refractivity (Wildman–Crippen MR) is 89.7 cm³/mol. The van der Waals surface area contributed by atoms with Gasteiger partial charge in [0.2, 0.25) is 5.91 Å². The number of amides is 1. The van der Waals surface area contributed by atoms with Crippen molar-refractivity contribution in [2.75, 3.05) is 13.1 Å². The molecule has 1 amide bonds. The third kappa shape index (κ3) is 4.33. The molecule has 2 saturated carbocycles. The van der Waals surface area contributed by atoms with Crippen LogP contribution < -0.4 is 5.32 Å². The van der Waals surface area contributed by atoms with E-state index in [2.05, 4.69) is 48.3 Å². The highest BCUT2D eigenvalue weighted by molar-refractivity contribution is 5.79. The maximum absolute atomic E-state index is 12.5. The summed E-state index contributed by atoms with van der Waals surface area (Å²) in [5.74, 6) is 1.64. The molecule has 0 aromatic heterocycles. The number of benzene rings is 1. The van der Waals surface area contributed by atoms with Crippen LogP contribution in [0.3, 0.4) is 0 Å². The first-order valence-electron chi connectivity index (χ1n) is 8.72. The molecule has 1 aromatic rings. The number of carbonyl (C=O) groups excluding carboxylic acids is 1. The van der Waals surface area contributed by atoms with Gasteiger partial charge in [-0.15, -0.1) is 0 Å². The Morgan fingerprint density at radius 1 is 1.18 bits per heavy atom. The summed E-state index contributed by atoms with van der Waals surface area (Å²) in [4.78, 5) is 14.5. The second-order valence-electron chi connectivity index (χ2n) is 7.22. The first kappa shape index (κ1) is 15.5. The van der Waals surface area contributed by atoms with Crippen LogP contribution in [-0.2, 0) is 11.3 Å². The maximum Gasteiger partial charge on any atom is 0.237 e. The lowest BCUT2D eigenvalue weighted by molar-refractivity contribution is -0.131. The van der Waals surface area contributed by atoms with Crippen LogP contribution in [0.15, 0.2) is 24.3 Å². The van der Waals surface area contributed by atoms with Gasteiger partial charge in [-0.05, 0) is 55.2 Å². The van der Waals surface area contributed by atoms with Gasteiger partial charge in [0.15, 0.2) is 0 Å². The first-order chi connectivity index (χ1) is 10.6. The number of carbonyl (C=O) groups is 1. The van der Waals surface area contributed by atoms with E-state index in [1.807, 2.05) is 0 Å². The fraction of sp³-hybridized carbons (Fsp3) is 0.632. The van der Waals surface area contributed by atoms with Gasteiger partial charge in [-0.2, -0.15) is 0 Å². The van der Waals surface area contributed by atoms with Crippen molar-refractivity contribution in [2.24, 2.45) is 5.92 Å². The molecule has 0 spiro atoms. The summed E-state index contributed by atoms with van der Waals surface area (Å²) in [6.45, 7) is 6.68. The Bertz CT molecular complexity index is 501. The van der Waals surface area contributed by atoms with E-state index in [0.29, 0.717) is 18.5 Å². The molecule has 3 heteroatoms. The van der Waals surface area contributed by atoms with E-state index in [0.717, 1.165) is 19.0 Å². The maximum atomic E-state index is 12.5. The van der Waals surface area contributed by atoms with Crippen molar-refractivity contribution in [1.82, 2.24) is 10.2 Å². The average Bonchev–Trinajstić information content (AvgIpc) is 3.37. The highest BCUT2D eigenvalue weighted by Gasteiger charge is 2.32. The summed E-state index contributed by atoms with van der Waals surface area (Å²) in [5, 5.41) is 3.33. The van der Waals surface area contributed by atoms with Gasteiger partial charge in [-0.3, -0.25) is 4.79 Å². The predicted octanol–water partition coefficient (Wildman–Crippen LogP) is 3.30. The van der Waals surface area contributed by atoms with E-state index in [4.69, 9.17) is 0 Å². The Kier molecular flexibility index (Phi) is 4.82. The molecule has 2 fully saturated rings. The number of hydrogen-bond donors (Lipinski definition) is 1. The Balaban J connectivity index is 1.54. The minimum atomic E-state index is 0.260. The number of rotatable bonds is 8. The molecule has 3 nitrogen and oxygen atoms in total. The zero-order valence-electron chi connectivity index (χ0n) is 13.8. The fourth-order valence-electron chi connectivity index (χ4n) is 2.82. The zero-order valence-corrected chi connectivity index (χ0v) is 13.8. The normalized spacial score (nSPS) is 17.8. The summed E-state index contributed by atoms with van der Waals surface area (Å²) < 4.78 is 0. The Hall–Kier alpha value is -1.35. The van der Waals surface area contributed by atoms with Crippen LogP contribution in [0, 0.1) is 5.92 Å². The fourth-order valence-corrected chi connectivity index (χ4v) is 2.82. The van der Waals surface area contributed by atoms with Crippen molar-refractivity contribution < 1.29 is 4.79 Å². The zero-order chi connectivity index (χ0) is 15.5. The molecule has 0 atom stereocenters. The van der Waals surface area contributed by atoms with Gasteiger partial charge in [0.25, 0.3) is 0 Å². The van der Waals surface area contributed by atoms with Crippen LogP contribution in [0.1, 0.15) is 56.6 Å². The monoisotopic (exact) mass is 300 g/mol. The highest BCUT2D eigenvalue weighted by Crippen LogP contribution is 2.29. The van der Waals surface area contributed by atoms with Gasteiger partial charge in [0, 0.05) is 12.6 Å². The minimum Gasteiger partial charge on any atom is -0.334 e. The van der Waals surface area contributed by atoms with Crippen LogP contribution in [0.2, 0.25) is 0 Å². The van der Waals surface area contributed by atoms with Gasteiger partial charge in [-0.25, -0.2) is 0 Å². The lowest BCUT2D eigenvalue weighted by Crippen LogP contribution is -2.39. The summed E-state index contributed by atoms with van der Waals surface area (Å²) in [7, 11) is 0. The molecular weight excluding hydrogens is 272 g/mol. The summed E-state index contributed by atoms with van der Waals surface area (Å²) >= 11 is 0. The van der Waals surface area contributed by atoms with Crippen molar-refractivity contribution in [2.45, 2.75) is 58.0 Å². The van der Waals surface area contributed by atoms with Gasteiger partial charge < -0.3 is 10.2 Å². The largest absolute Gasteiger partial charge is 0.334 e. The van der Waals surface area contributed by atoms with Crippen molar-refractivity contribution in [3.05, 3.63) is 35.4 Å². The van der Waals surface area contributed by atoms with Crippen LogP contribution in [0.5, 0.6) is 0 Å². The van der Waals surface area contributed by atoms with Crippen LogP contribution >= 0.6 is 0 Å². The van der Waals surface area contributed by atoms with Crippen molar-refractivity contribution in [3.8, 4) is 0 Å². The average molecular weight is 300 g/mol. The van der Waals surface area contributed by atoms with E-state index in [1.54, 1.807) is 0 Å². The van der Waals surface area contributed by atoms with Gasteiger partial charge in [0.05, 0.1) is 6.54 Å². The Morgan fingerprint density at radius 2 is 1.86 bits per heavy atom. The first-order valence-corrected chi connectivity index (χ1v) is 8.72. The smallest absolute Gasteiger partial charge is 0.237 e. The van der Waals surface area contributed by atoms with E-state index < -0.39 is 0 Å². The second kappa shape index (κ2) is 6.82. The molecule has 0 saturated heterocycles. The van der Waals surface area contributed by atoms with E-state index in [-0.39, 0.29) is 5.91 Å². The lowest BCUT2D eigenvalue weighted by atomic mass is 10.0. The minimum absolute atomic E-state index is 0.260. The summed E-state index contributed by atoms with van der Waals surface area (Å²) in [6, 6.07) is 9.22. The third-order valence-electron chi connectivity index (χ3n) is 4.71. The molecule has 2 aliphatic rings. The summed E-state index contributed by atoms with van der Waals surface area (Å²) in [5.41, 5.74) is 2.60. The highest BCUT2D eigenvalue weighted by atomic mass is 16.2. The van der Waals surface area contributed by atoms with Crippen molar-refractivity contribution in [1.29, 1.82) is 0 Å². The molecule has 0 aliphatic heterocycles. The van der Waals surface area contributed by atoms with Crippen LogP contribution in [0.4, 0.5) is 0 Å². The van der Waals surface area contributed by atoms with Crippen molar-refractivity contribution >= 4 is 5.91 Å². The second-order valence-corrected chi connectivity index (χ2v) is 7.22. The van der Waals surface area contributed by atoms with Gasteiger partial charge >= 0.3 is 0 Å². The Labute approximate surface area is 134 Å². The molecular formula is C19H28N2O. The molecule has 3 rings (SSSR count). The topological polar surface area (TPSA) is 32.3 Å². The quantitative estimate of drug-likeness (QED) is 0.799. The van der Waals surface area contributed by atoms with Crippen LogP contribution in [0.25, 0.3) is 0 Å². The SMILES string of the molecule is CC(C)c1ccc(CN(C(=O)CNCC2CC2)C2CC2)cc1. The van der Waals surface area contributed by atoms with Gasteiger partial charge in [0.1, 0.15) is 0 Å². The molecule has 0 bridgehead atoms. The van der Waals surface area contributed by atoms with Crippen molar-refractivity contribution in [3.63, 3.8) is 0 Å². The molecule has 2 aliphatic carbocycles. The molecule has 120 valence electrons. The molecule has 0 unspecified atom stereocenters. The third-order valence-corrected chi connectivity index (χ3v) is 4.71. The van der Waals surface area contributed by atoms with E-state index in [1.165, 1.54) is 36.8 Å². The van der Waals surface area contributed by atoms with Gasteiger partial charge in [-0.1, -0.05) is 38.1 Å². The number of nitrogens with one attached hydrogen (secondary N) is 1. The molecule has 1 N–H and O–H groups in total. The molecule has 22 heavy (non-hydrogen) atoms. The number of nitrogens with zero attached hydrogens (tertiary/aromatic N) is 1. The molecule has 0 heterocycles.